The highest BCUT2D eigenvalue weighted by Crippen LogP contribution is 2.15. The second-order valence-corrected chi connectivity index (χ2v) is 2.92. The normalized spacial score (nSPS) is 19.8. The van der Waals surface area contributed by atoms with Gasteiger partial charge in [-0.2, -0.15) is 0 Å². The van der Waals surface area contributed by atoms with Crippen LogP contribution in [-0.4, -0.2) is 13.2 Å². The van der Waals surface area contributed by atoms with Crippen LogP contribution in [0.25, 0.3) is 0 Å². The molecule has 0 radical (unpaired) electrons. The maximum absolute atomic E-state index is 5.34. The van der Waals surface area contributed by atoms with Crippen LogP contribution in [0.3, 0.4) is 0 Å². The predicted molar refractivity (Wildman–Crippen MR) is 47.6 cm³/mol. The molecule has 0 spiro atoms. The maximum Gasteiger partial charge on any atom is 0.0716 e. The molecule has 0 aromatic rings. The number of hydrogen-bond donors (Lipinski definition) is 0. The minimum Gasteiger partial charge on any atom is -0.376 e. The van der Waals surface area contributed by atoms with Crippen molar-refractivity contribution in [3.63, 3.8) is 0 Å². The van der Waals surface area contributed by atoms with Gasteiger partial charge in [-0.25, -0.2) is 0 Å². The van der Waals surface area contributed by atoms with Crippen LogP contribution in [0.4, 0.5) is 0 Å². The lowest BCUT2D eigenvalue weighted by Gasteiger charge is -2.15. The predicted octanol–water partition coefficient (Wildman–Crippen LogP) is 2.69. The fourth-order valence-electron chi connectivity index (χ4n) is 1.14. The summed E-state index contributed by atoms with van der Waals surface area (Å²) in [5.41, 5.74) is 2.86. The third kappa shape index (κ3) is 2.51. The van der Waals surface area contributed by atoms with Crippen molar-refractivity contribution < 1.29 is 4.74 Å². The zero-order valence-corrected chi connectivity index (χ0v) is 7.39. The Hall–Kier alpha value is -0.560. The molecular formula is C10H16O. The lowest BCUT2D eigenvalue weighted by atomic mass is 10.1. The number of rotatable bonds is 2. The molecule has 1 heteroatoms. The quantitative estimate of drug-likeness (QED) is 0.591. The first-order valence-electron chi connectivity index (χ1n) is 4.27. The summed E-state index contributed by atoms with van der Waals surface area (Å²) in [5, 5.41) is 0. The first-order valence-corrected chi connectivity index (χ1v) is 4.27. The fourth-order valence-corrected chi connectivity index (χ4v) is 1.14. The van der Waals surface area contributed by atoms with Crippen molar-refractivity contribution in [3.8, 4) is 0 Å². The smallest absolute Gasteiger partial charge is 0.0716 e. The zero-order valence-electron chi connectivity index (χ0n) is 7.39. The van der Waals surface area contributed by atoms with Gasteiger partial charge in [0.25, 0.3) is 0 Å². The molecule has 0 N–H and O–H groups in total. The van der Waals surface area contributed by atoms with E-state index in [9.17, 15) is 0 Å². The van der Waals surface area contributed by atoms with Gasteiger partial charge in [0.2, 0.25) is 0 Å². The van der Waals surface area contributed by atoms with E-state index in [1.165, 1.54) is 11.1 Å². The van der Waals surface area contributed by atoms with Crippen LogP contribution in [0.15, 0.2) is 23.3 Å². The van der Waals surface area contributed by atoms with Gasteiger partial charge in [-0.15, -0.1) is 0 Å². The monoisotopic (exact) mass is 152 g/mol. The molecule has 0 fully saturated rings. The van der Waals surface area contributed by atoms with Crippen LogP contribution < -0.4 is 0 Å². The molecule has 0 saturated heterocycles. The SMILES string of the molecule is CC/C=C\C1=C(C)CCOC1. The van der Waals surface area contributed by atoms with Crippen LogP contribution in [0, 0.1) is 0 Å². The Balaban J connectivity index is 2.59. The highest BCUT2D eigenvalue weighted by molar-refractivity contribution is 5.26. The van der Waals surface area contributed by atoms with Gasteiger partial charge in [-0.05, 0) is 25.3 Å². The summed E-state index contributed by atoms with van der Waals surface area (Å²) >= 11 is 0. The van der Waals surface area contributed by atoms with Crippen molar-refractivity contribution in [2.45, 2.75) is 26.7 Å². The Morgan fingerprint density at radius 3 is 3.00 bits per heavy atom. The van der Waals surface area contributed by atoms with Crippen molar-refractivity contribution in [2.24, 2.45) is 0 Å². The first kappa shape index (κ1) is 8.54. The van der Waals surface area contributed by atoms with Crippen LogP contribution in [0.2, 0.25) is 0 Å². The molecule has 0 aliphatic carbocycles. The minimum absolute atomic E-state index is 0.808. The Kier molecular flexibility index (Phi) is 3.37. The summed E-state index contributed by atoms with van der Waals surface area (Å²) in [6, 6.07) is 0. The maximum atomic E-state index is 5.34. The van der Waals surface area contributed by atoms with Crippen LogP contribution >= 0.6 is 0 Å². The highest BCUT2D eigenvalue weighted by Gasteiger charge is 2.05. The van der Waals surface area contributed by atoms with Gasteiger partial charge in [-0.1, -0.05) is 24.6 Å². The van der Waals surface area contributed by atoms with Crippen LogP contribution in [-0.2, 0) is 4.74 Å². The summed E-state index contributed by atoms with van der Waals surface area (Å²) < 4.78 is 5.34. The molecule has 1 aliphatic rings. The third-order valence-corrected chi connectivity index (χ3v) is 1.98. The average molecular weight is 152 g/mol. The van der Waals surface area contributed by atoms with Crippen molar-refractivity contribution in [2.75, 3.05) is 13.2 Å². The van der Waals surface area contributed by atoms with E-state index in [0.29, 0.717) is 0 Å². The lowest BCUT2D eigenvalue weighted by molar-refractivity contribution is 0.149. The Bertz CT molecular complexity index is 177. The fraction of sp³-hybridized carbons (Fsp3) is 0.600. The molecule has 0 saturated carbocycles. The molecule has 1 rings (SSSR count). The summed E-state index contributed by atoms with van der Waals surface area (Å²) in [6.07, 6.45) is 6.59. The Labute approximate surface area is 68.8 Å². The molecule has 0 aromatic heterocycles. The topological polar surface area (TPSA) is 9.23 Å². The molecule has 0 amide bonds. The van der Waals surface area contributed by atoms with Crippen LogP contribution in [0.5, 0.6) is 0 Å². The standard InChI is InChI=1S/C10H16O/c1-3-4-5-10-8-11-7-6-9(10)2/h4-5H,3,6-8H2,1-2H3/b5-4-. The number of allylic oxidation sites excluding steroid dienone is 1. The molecule has 0 aromatic carbocycles. The summed E-state index contributed by atoms with van der Waals surface area (Å²) in [6.45, 7) is 6.05. The van der Waals surface area contributed by atoms with E-state index in [0.717, 1.165) is 26.1 Å². The second kappa shape index (κ2) is 4.35. The number of ether oxygens (including phenoxy) is 1. The van der Waals surface area contributed by atoms with Gasteiger partial charge >= 0.3 is 0 Å². The molecule has 11 heavy (non-hydrogen) atoms. The van der Waals surface area contributed by atoms with Gasteiger partial charge in [0.05, 0.1) is 13.2 Å². The molecule has 1 heterocycles. The highest BCUT2D eigenvalue weighted by atomic mass is 16.5. The van der Waals surface area contributed by atoms with Crippen molar-refractivity contribution in [1.82, 2.24) is 0 Å². The van der Waals surface area contributed by atoms with E-state index in [4.69, 9.17) is 4.74 Å². The van der Waals surface area contributed by atoms with Gasteiger partial charge in [0.1, 0.15) is 0 Å². The molecule has 1 aliphatic heterocycles. The largest absolute Gasteiger partial charge is 0.376 e. The number of hydrogen-bond acceptors (Lipinski definition) is 1. The molecule has 62 valence electrons. The van der Waals surface area contributed by atoms with Crippen molar-refractivity contribution in [3.05, 3.63) is 23.3 Å². The molecule has 0 unspecified atom stereocenters. The zero-order chi connectivity index (χ0) is 8.10. The Morgan fingerprint density at radius 2 is 2.36 bits per heavy atom. The van der Waals surface area contributed by atoms with E-state index < -0.39 is 0 Å². The first-order chi connectivity index (χ1) is 5.34. The van der Waals surface area contributed by atoms with Gasteiger partial charge in [0.15, 0.2) is 0 Å². The van der Waals surface area contributed by atoms with E-state index in [2.05, 4.69) is 26.0 Å². The summed E-state index contributed by atoms with van der Waals surface area (Å²) in [5.74, 6) is 0. The van der Waals surface area contributed by atoms with E-state index >= 15 is 0 Å². The van der Waals surface area contributed by atoms with Gasteiger partial charge < -0.3 is 4.74 Å². The van der Waals surface area contributed by atoms with Crippen LogP contribution in [0.1, 0.15) is 26.7 Å². The molecule has 0 bridgehead atoms. The van der Waals surface area contributed by atoms with Crippen molar-refractivity contribution >= 4 is 0 Å². The van der Waals surface area contributed by atoms with Gasteiger partial charge in [-0.3, -0.25) is 0 Å². The third-order valence-electron chi connectivity index (χ3n) is 1.98. The van der Waals surface area contributed by atoms with E-state index in [1.54, 1.807) is 0 Å². The van der Waals surface area contributed by atoms with E-state index in [1.807, 2.05) is 0 Å². The lowest BCUT2D eigenvalue weighted by Crippen LogP contribution is -2.08. The van der Waals surface area contributed by atoms with E-state index in [-0.39, 0.29) is 0 Å². The Morgan fingerprint density at radius 1 is 1.55 bits per heavy atom. The minimum atomic E-state index is 0.808. The molecular weight excluding hydrogens is 136 g/mol. The molecule has 0 atom stereocenters. The van der Waals surface area contributed by atoms with Gasteiger partial charge in [0, 0.05) is 0 Å². The second-order valence-electron chi connectivity index (χ2n) is 2.92. The molecule has 1 nitrogen and oxygen atoms in total. The average Bonchev–Trinajstić information content (AvgIpc) is 2.03. The van der Waals surface area contributed by atoms with Crippen molar-refractivity contribution in [1.29, 1.82) is 0 Å². The summed E-state index contributed by atoms with van der Waals surface area (Å²) in [7, 11) is 0. The summed E-state index contributed by atoms with van der Waals surface area (Å²) in [4.78, 5) is 0.